The van der Waals surface area contributed by atoms with Gasteiger partial charge in [0.05, 0.1) is 23.6 Å². The van der Waals surface area contributed by atoms with Gasteiger partial charge in [-0.05, 0) is 56.4 Å². The van der Waals surface area contributed by atoms with Crippen LogP contribution in [0.1, 0.15) is 47.5 Å². The highest BCUT2D eigenvalue weighted by molar-refractivity contribution is 5.78. The summed E-state index contributed by atoms with van der Waals surface area (Å²) in [6.07, 6.45) is 2.33. The molecule has 1 aromatic carbocycles. The number of H-pyrrole nitrogens is 2. The SMILES string of the molecule is Cc1[nH]c(=O)c(C#N)c(C)c1CCC(=O)N(Cc1nc2ccccc2c(=O)[nH]1)C[C@@H]1CCCO1. The fourth-order valence-electron chi connectivity index (χ4n) is 4.49. The molecule has 0 aliphatic carbocycles. The molecule has 2 aromatic heterocycles. The van der Waals surface area contributed by atoms with Gasteiger partial charge in [-0.1, -0.05) is 12.1 Å². The Kier molecular flexibility index (Phi) is 6.89. The fraction of sp³-hybridized carbons (Fsp3) is 0.400. The van der Waals surface area contributed by atoms with Crippen molar-refractivity contribution in [1.29, 1.82) is 5.26 Å². The number of hydrogen-bond acceptors (Lipinski definition) is 6. The molecule has 1 fully saturated rings. The Balaban J connectivity index is 1.57. The number of hydrogen-bond donors (Lipinski definition) is 2. The van der Waals surface area contributed by atoms with Gasteiger partial charge in [0.2, 0.25) is 5.91 Å². The number of ether oxygens (including phenoxy) is 1. The predicted molar refractivity (Wildman–Crippen MR) is 126 cm³/mol. The largest absolute Gasteiger partial charge is 0.376 e. The Morgan fingerprint density at radius 1 is 1.24 bits per heavy atom. The van der Waals surface area contributed by atoms with Crippen LogP contribution in [0.25, 0.3) is 10.9 Å². The van der Waals surface area contributed by atoms with E-state index in [2.05, 4.69) is 15.0 Å². The maximum absolute atomic E-state index is 13.3. The van der Waals surface area contributed by atoms with Gasteiger partial charge in [0, 0.05) is 25.3 Å². The third-order valence-electron chi connectivity index (χ3n) is 6.31. The van der Waals surface area contributed by atoms with Gasteiger partial charge in [-0.25, -0.2) is 4.98 Å². The lowest BCUT2D eigenvalue weighted by Gasteiger charge is -2.25. The van der Waals surface area contributed by atoms with Gasteiger partial charge in [0.25, 0.3) is 11.1 Å². The van der Waals surface area contributed by atoms with E-state index < -0.39 is 5.56 Å². The van der Waals surface area contributed by atoms with Gasteiger partial charge < -0.3 is 19.6 Å². The summed E-state index contributed by atoms with van der Waals surface area (Å²) in [5.74, 6) is 0.299. The number of amides is 1. The van der Waals surface area contributed by atoms with Crippen molar-refractivity contribution in [3.8, 4) is 6.07 Å². The predicted octanol–water partition coefficient (Wildman–Crippen LogP) is 2.24. The second-order valence-corrected chi connectivity index (χ2v) is 8.61. The zero-order valence-corrected chi connectivity index (χ0v) is 19.3. The molecular weight excluding hydrogens is 434 g/mol. The minimum absolute atomic E-state index is 0.0575. The van der Waals surface area contributed by atoms with Crippen LogP contribution in [0, 0.1) is 25.2 Å². The van der Waals surface area contributed by atoms with Gasteiger partial charge in [-0.15, -0.1) is 0 Å². The summed E-state index contributed by atoms with van der Waals surface area (Å²) in [5.41, 5.74) is 2.03. The molecule has 2 N–H and O–H groups in total. The van der Waals surface area contributed by atoms with Crippen molar-refractivity contribution in [3.05, 3.63) is 73.2 Å². The average molecular weight is 462 g/mol. The van der Waals surface area contributed by atoms with Gasteiger partial charge >= 0.3 is 0 Å². The maximum atomic E-state index is 13.3. The molecule has 1 saturated heterocycles. The minimum atomic E-state index is -0.418. The zero-order chi connectivity index (χ0) is 24.2. The smallest absolute Gasteiger partial charge is 0.266 e. The Bertz CT molecular complexity index is 1380. The van der Waals surface area contributed by atoms with E-state index >= 15 is 0 Å². The molecule has 3 aromatic rings. The molecule has 4 rings (SSSR count). The monoisotopic (exact) mass is 461 g/mol. The van der Waals surface area contributed by atoms with E-state index in [1.165, 1.54) is 0 Å². The van der Waals surface area contributed by atoms with Crippen molar-refractivity contribution < 1.29 is 9.53 Å². The number of pyridine rings is 1. The summed E-state index contributed by atoms with van der Waals surface area (Å²) in [6, 6.07) is 9.03. The first-order valence-corrected chi connectivity index (χ1v) is 11.4. The van der Waals surface area contributed by atoms with Crippen LogP contribution in [0.2, 0.25) is 0 Å². The first-order chi connectivity index (χ1) is 16.4. The van der Waals surface area contributed by atoms with Crippen LogP contribution in [0.3, 0.4) is 0 Å². The standard InChI is InChI=1S/C25H27N5O4/c1-15-18(16(2)27-25(33)20(15)12-26)9-10-23(31)30(13-17-6-5-11-34-17)14-22-28-21-8-4-3-7-19(21)24(32)29-22/h3-4,7-8,17H,5-6,9-11,13-14H2,1-2H3,(H,27,33)(H,28,29,32)/t17-/m0/s1. The number of aryl methyl sites for hydroxylation is 1. The summed E-state index contributed by atoms with van der Waals surface area (Å²) in [5, 5.41) is 9.81. The number of aromatic amines is 2. The number of nitriles is 1. The number of para-hydroxylation sites is 1. The van der Waals surface area contributed by atoms with Gasteiger partial charge in [0.1, 0.15) is 17.5 Å². The molecule has 0 spiro atoms. The van der Waals surface area contributed by atoms with Gasteiger partial charge in [-0.2, -0.15) is 5.26 Å². The third kappa shape index (κ3) is 4.92. The van der Waals surface area contributed by atoms with E-state index in [9.17, 15) is 19.6 Å². The lowest BCUT2D eigenvalue weighted by atomic mass is 9.99. The molecule has 0 unspecified atom stereocenters. The first kappa shape index (κ1) is 23.4. The van der Waals surface area contributed by atoms with E-state index in [-0.39, 0.29) is 36.1 Å². The lowest BCUT2D eigenvalue weighted by Crippen LogP contribution is -2.38. The third-order valence-corrected chi connectivity index (χ3v) is 6.31. The summed E-state index contributed by atoms with van der Waals surface area (Å²) in [4.78, 5) is 49.5. The van der Waals surface area contributed by atoms with E-state index in [0.717, 1.165) is 18.4 Å². The van der Waals surface area contributed by atoms with Crippen LogP contribution in [0.15, 0.2) is 33.9 Å². The highest BCUT2D eigenvalue weighted by Crippen LogP contribution is 2.18. The summed E-state index contributed by atoms with van der Waals surface area (Å²) in [6.45, 7) is 4.73. The molecule has 3 heterocycles. The topological polar surface area (TPSA) is 132 Å². The minimum Gasteiger partial charge on any atom is -0.376 e. The quantitative estimate of drug-likeness (QED) is 0.555. The normalized spacial score (nSPS) is 15.4. The molecule has 0 saturated carbocycles. The Hall–Kier alpha value is -3.77. The molecule has 34 heavy (non-hydrogen) atoms. The molecule has 1 amide bonds. The van der Waals surface area contributed by atoms with Crippen molar-refractivity contribution in [2.24, 2.45) is 0 Å². The molecule has 9 heteroatoms. The summed E-state index contributed by atoms with van der Waals surface area (Å²) < 4.78 is 5.75. The van der Waals surface area contributed by atoms with E-state index in [4.69, 9.17) is 4.74 Å². The van der Waals surface area contributed by atoms with Gasteiger partial charge in [0.15, 0.2) is 0 Å². The van der Waals surface area contributed by atoms with E-state index in [1.54, 1.807) is 36.9 Å². The van der Waals surface area contributed by atoms with Crippen molar-refractivity contribution >= 4 is 16.8 Å². The maximum Gasteiger partial charge on any atom is 0.266 e. The molecule has 1 aliphatic rings. The molecular formula is C25H27N5O4. The highest BCUT2D eigenvalue weighted by Gasteiger charge is 2.24. The Labute approximate surface area is 196 Å². The van der Waals surface area contributed by atoms with Crippen LogP contribution >= 0.6 is 0 Å². The highest BCUT2D eigenvalue weighted by atomic mass is 16.5. The van der Waals surface area contributed by atoms with Crippen molar-refractivity contribution in [3.63, 3.8) is 0 Å². The summed E-state index contributed by atoms with van der Waals surface area (Å²) in [7, 11) is 0. The number of nitrogens with one attached hydrogen (secondary N) is 2. The van der Waals surface area contributed by atoms with Gasteiger partial charge in [-0.3, -0.25) is 14.4 Å². The molecule has 1 atom stereocenters. The molecule has 9 nitrogen and oxygen atoms in total. The number of carbonyl (C=O) groups is 1. The fourth-order valence-corrected chi connectivity index (χ4v) is 4.49. The number of nitrogens with zero attached hydrogens (tertiary/aromatic N) is 3. The zero-order valence-electron chi connectivity index (χ0n) is 19.3. The number of aromatic nitrogens is 3. The van der Waals surface area contributed by atoms with Crippen LogP contribution in [0.4, 0.5) is 0 Å². The van der Waals surface area contributed by atoms with Crippen molar-refractivity contribution in [2.75, 3.05) is 13.2 Å². The van der Waals surface area contributed by atoms with E-state index in [0.29, 0.717) is 47.6 Å². The van der Waals surface area contributed by atoms with Crippen LogP contribution in [0.5, 0.6) is 0 Å². The van der Waals surface area contributed by atoms with Crippen LogP contribution in [-0.4, -0.2) is 45.0 Å². The molecule has 0 radical (unpaired) electrons. The Morgan fingerprint density at radius 2 is 2.03 bits per heavy atom. The molecule has 1 aliphatic heterocycles. The first-order valence-electron chi connectivity index (χ1n) is 11.4. The van der Waals surface area contributed by atoms with Crippen molar-refractivity contribution in [2.45, 2.75) is 52.2 Å². The number of benzene rings is 1. The summed E-state index contributed by atoms with van der Waals surface area (Å²) >= 11 is 0. The molecule has 0 bridgehead atoms. The number of rotatable bonds is 7. The lowest BCUT2D eigenvalue weighted by molar-refractivity contribution is -0.133. The van der Waals surface area contributed by atoms with Crippen LogP contribution < -0.4 is 11.1 Å². The second kappa shape index (κ2) is 10.0. The van der Waals surface area contributed by atoms with Crippen LogP contribution in [-0.2, 0) is 22.5 Å². The van der Waals surface area contributed by atoms with Crippen molar-refractivity contribution in [1.82, 2.24) is 19.9 Å². The second-order valence-electron chi connectivity index (χ2n) is 8.61. The van der Waals surface area contributed by atoms with E-state index in [1.807, 2.05) is 12.1 Å². The Morgan fingerprint density at radius 3 is 2.76 bits per heavy atom. The molecule has 176 valence electrons. The average Bonchev–Trinajstić information content (AvgIpc) is 3.31. The number of fused-ring (bicyclic) bond motifs is 1. The number of carbonyl (C=O) groups excluding carboxylic acids is 1.